The molecule has 0 bridgehead atoms. The highest BCUT2D eigenvalue weighted by Gasteiger charge is 2.19. The zero-order valence-corrected chi connectivity index (χ0v) is 53.3. The minimum atomic E-state index is -0.772. The molecule has 0 rings (SSSR count). The van der Waals surface area contributed by atoms with E-state index in [1.807, 2.05) is 0 Å². The lowest BCUT2D eigenvalue weighted by molar-refractivity contribution is -0.167. The van der Waals surface area contributed by atoms with Gasteiger partial charge in [-0.2, -0.15) is 0 Å². The Hall–Kier alpha value is -3.15. The first-order chi connectivity index (χ1) is 39.5. The summed E-state index contributed by atoms with van der Waals surface area (Å²) in [6, 6.07) is 0. The van der Waals surface area contributed by atoms with Gasteiger partial charge in [-0.05, 0) is 70.6 Å². The predicted octanol–water partition coefficient (Wildman–Crippen LogP) is 24.1. The van der Waals surface area contributed by atoms with E-state index < -0.39 is 6.10 Å². The monoisotopic (exact) mass is 1120 g/mol. The fourth-order valence-corrected chi connectivity index (χ4v) is 10.3. The minimum absolute atomic E-state index is 0.0692. The van der Waals surface area contributed by atoms with Crippen molar-refractivity contribution in [1.29, 1.82) is 0 Å². The summed E-state index contributed by atoms with van der Waals surface area (Å²) in [5, 5.41) is 0. The Labute approximate surface area is 497 Å². The van der Waals surface area contributed by atoms with Crippen LogP contribution in [-0.4, -0.2) is 37.2 Å². The lowest BCUT2D eigenvalue weighted by Crippen LogP contribution is -2.30. The third-order valence-corrected chi connectivity index (χ3v) is 15.5. The van der Waals surface area contributed by atoms with E-state index in [0.29, 0.717) is 19.3 Å². The van der Waals surface area contributed by atoms with Crippen molar-refractivity contribution >= 4 is 17.9 Å². The molecule has 0 aromatic heterocycles. The standard InChI is InChI=1S/C74H132O6/c1-4-7-10-13-16-19-22-24-26-28-30-32-33-34-35-36-37-38-39-40-41-42-44-45-47-49-52-55-58-61-64-67-73(76)79-70-71(69-78-72(75)66-63-60-57-54-51-21-18-15-12-9-6-3)80-74(77)68-65-62-59-56-53-50-48-46-43-31-29-27-25-23-20-17-14-11-8-5-2/h7,10,16,19,24,26,30,32,34-35,37-38,71H,4-6,8-9,11-15,17-18,20-23,25,27-29,31,33,36,39-70H2,1-3H3/b10-7-,19-16-,26-24-,32-30-,35-34-,38-37-. The van der Waals surface area contributed by atoms with Crippen molar-refractivity contribution in [3.63, 3.8) is 0 Å². The Kier molecular flexibility index (Phi) is 65.7. The van der Waals surface area contributed by atoms with Gasteiger partial charge in [0, 0.05) is 19.3 Å². The molecule has 0 radical (unpaired) electrons. The summed E-state index contributed by atoms with van der Waals surface area (Å²) in [5.74, 6) is -0.849. The van der Waals surface area contributed by atoms with Crippen LogP contribution in [0.25, 0.3) is 0 Å². The summed E-state index contributed by atoms with van der Waals surface area (Å²) in [4.78, 5) is 38.3. The molecule has 0 fully saturated rings. The zero-order valence-electron chi connectivity index (χ0n) is 53.3. The van der Waals surface area contributed by atoms with E-state index in [9.17, 15) is 14.4 Å². The molecule has 80 heavy (non-hydrogen) atoms. The molecule has 464 valence electrons. The van der Waals surface area contributed by atoms with Crippen LogP contribution in [0, 0.1) is 0 Å². The summed E-state index contributed by atoms with van der Waals surface area (Å²) in [7, 11) is 0. The van der Waals surface area contributed by atoms with E-state index in [0.717, 1.165) is 96.3 Å². The normalized spacial score (nSPS) is 12.5. The van der Waals surface area contributed by atoms with Gasteiger partial charge in [0.25, 0.3) is 0 Å². The van der Waals surface area contributed by atoms with Crippen LogP contribution in [0.4, 0.5) is 0 Å². The molecule has 0 aromatic rings. The molecule has 0 aliphatic carbocycles. The molecule has 0 heterocycles. The predicted molar refractivity (Wildman–Crippen MR) is 348 cm³/mol. The highest BCUT2D eigenvalue weighted by molar-refractivity contribution is 5.71. The molecule has 0 amide bonds. The fourth-order valence-electron chi connectivity index (χ4n) is 10.3. The highest BCUT2D eigenvalue weighted by Crippen LogP contribution is 2.18. The van der Waals surface area contributed by atoms with Crippen molar-refractivity contribution < 1.29 is 28.6 Å². The van der Waals surface area contributed by atoms with E-state index in [4.69, 9.17) is 14.2 Å². The second-order valence-corrected chi connectivity index (χ2v) is 23.4. The molecular weight excluding hydrogens is 985 g/mol. The number of ether oxygens (including phenoxy) is 3. The van der Waals surface area contributed by atoms with Crippen molar-refractivity contribution in [2.45, 2.75) is 367 Å². The van der Waals surface area contributed by atoms with Gasteiger partial charge in [0.1, 0.15) is 13.2 Å². The minimum Gasteiger partial charge on any atom is -0.462 e. The average Bonchev–Trinajstić information content (AvgIpc) is 3.46. The summed E-state index contributed by atoms with van der Waals surface area (Å²) in [6.07, 6.45) is 89.3. The molecule has 1 atom stereocenters. The Morgan fingerprint density at radius 2 is 0.487 bits per heavy atom. The van der Waals surface area contributed by atoms with E-state index in [1.165, 1.54) is 225 Å². The number of carbonyl (C=O) groups excluding carboxylic acids is 3. The first-order valence-electron chi connectivity index (χ1n) is 34.9. The van der Waals surface area contributed by atoms with Crippen LogP contribution in [-0.2, 0) is 28.6 Å². The quantitative estimate of drug-likeness (QED) is 0.0261. The summed E-state index contributed by atoms with van der Waals surface area (Å²) in [5.41, 5.74) is 0. The third kappa shape index (κ3) is 65.7. The Morgan fingerprint density at radius 3 is 0.762 bits per heavy atom. The van der Waals surface area contributed by atoms with Gasteiger partial charge in [-0.3, -0.25) is 14.4 Å². The van der Waals surface area contributed by atoms with Crippen LogP contribution in [0.3, 0.4) is 0 Å². The van der Waals surface area contributed by atoms with Crippen molar-refractivity contribution in [3.05, 3.63) is 72.9 Å². The van der Waals surface area contributed by atoms with Crippen LogP contribution in [0.15, 0.2) is 72.9 Å². The summed E-state index contributed by atoms with van der Waals surface area (Å²) >= 11 is 0. The Morgan fingerprint density at radius 1 is 0.263 bits per heavy atom. The molecule has 0 aliphatic rings. The van der Waals surface area contributed by atoms with Gasteiger partial charge in [0.05, 0.1) is 0 Å². The molecule has 6 nitrogen and oxygen atoms in total. The smallest absolute Gasteiger partial charge is 0.306 e. The van der Waals surface area contributed by atoms with Gasteiger partial charge in [-0.15, -0.1) is 0 Å². The van der Waals surface area contributed by atoms with E-state index in [1.54, 1.807) is 0 Å². The molecule has 0 aliphatic heterocycles. The second-order valence-electron chi connectivity index (χ2n) is 23.4. The highest BCUT2D eigenvalue weighted by atomic mass is 16.6. The maximum absolute atomic E-state index is 12.9. The number of hydrogen-bond acceptors (Lipinski definition) is 6. The zero-order chi connectivity index (χ0) is 57.8. The van der Waals surface area contributed by atoms with Gasteiger partial charge < -0.3 is 14.2 Å². The second kappa shape index (κ2) is 68.3. The van der Waals surface area contributed by atoms with Crippen molar-refractivity contribution in [1.82, 2.24) is 0 Å². The lowest BCUT2D eigenvalue weighted by atomic mass is 10.0. The Bertz CT molecular complexity index is 1470. The number of esters is 3. The van der Waals surface area contributed by atoms with E-state index >= 15 is 0 Å². The molecule has 0 saturated carbocycles. The SMILES string of the molecule is CC/C=C\C/C=C\C/C=C\C/C=C\C/C=C\C/C=C\CCCCCCCCCCCCCCC(=O)OCC(COC(=O)CCCCCCCCCCCCC)OC(=O)CCCCCCCCCCCCCCCCCCCCCC. The average molecular weight is 1120 g/mol. The van der Waals surface area contributed by atoms with Crippen LogP contribution in [0.2, 0.25) is 0 Å². The van der Waals surface area contributed by atoms with Crippen LogP contribution >= 0.6 is 0 Å². The van der Waals surface area contributed by atoms with Crippen molar-refractivity contribution in [3.8, 4) is 0 Å². The largest absolute Gasteiger partial charge is 0.462 e. The summed E-state index contributed by atoms with van der Waals surface area (Å²) < 4.78 is 17.0. The maximum atomic E-state index is 12.9. The number of rotatable bonds is 64. The molecule has 0 aromatic carbocycles. The van der Waals surface area contributed by atoms with Gasteiger partial charge >= 0.3 is 17.9 Å². The number of allylic oxidation sites excluding steroid dienone is 12. The molecule has 6 heteroatoms. The van der Waals surface area contributed by atoms with Crippen LogP contribution in [0.1, 0.15) is 361 Å². The molecule has 0 spiro atoms. The molecule has 0 N–H and O–H groups in total. The number of hydrogen-bond donors (Lipinski definition) is 0. The van der Waals surface area contributed by atoms with Crippen molar-refractivity contribution in [2.24, 2.45) is 0 Å². The van der Waals surface area contributed by atoms with Crippen LogP contribution < -0.4 is 0 Å². The van der Waals surface area contributed by atoms with Gasteiger partial charge in [0.15, 0.2) is 6.10 Å². The summed E-state index contributed by atoms with van der Waals surface area (Å²) in [6.45, 7) is 6.58. The van der Waals surface area contributed by atoms with Crippen LogP contribution in [0.5, 0.6) is 0 Å². The molecule has 0 saturated heterocycles. The first kappa shape index (κ1) is 76.9. The Balaban J connectivity index is 4.18. The molecule has 1 unspecified atom stereocenters. The lowest BCUT2D eigenvalue weighted by Gasteiger charge is -2.18. The fraction of sp³-hybridized carbons (Fsp3) is 0.797. The van der Waals surface area contributed by atoms with Gasteiger partial charge in [-0.25, -0.2) is 0 Å². The number of carbonyl (C=O) groups is 3. The maximum Gasteiger partial charge on any atom is 0.306 e. The van der Waals surface area contributed by atoms with Crippen molar-refractivity contribution in [2.75, 3.05) is 13.2 Å². The van der Waals surface area contributed by atoms with Gasteiger partial charge in [-0.1, -0.05) is 344 Å². The third-order valence-electron chi connectivity index (χ3n) is 15.5. The van der Waals surface area contributed by atoms with E-state index in [-0.39, 0.29) is 31.1 Å². The topological polar surface area (TPSA) is 78.9 Å². The molecular formula is C74H132O6. The van der Waals surface area contributed by atoms with Gasteiger partial charge in [0.2, 0.25) is 0 Å². The number of unbranched alkanes of at least 4 members (excludes halogenated alkanes) is 41. The van der Waals surface area contributed by atoms with E-state index in [2.05, 4.69) is 93.7 Å². The first-order valence-corrected chi connectivity index (χ1v) is 34.9.